The standard InChI is InChI=1S/C22H27ClFN5O2/c1-26-7-15(8-26)28-9-16-17(10-28)18(16)11-29(6-14-3-4-20(24)19(23)5-14)22(30)31-21-12-27(2)13-25-21/h3-5,12-13,15-18H,6-11H2,1-2H3. The molecule has 2 saturated heterocycles. The first kappa shape index (κ1) is 20.7. The average molecular weight is 448 g/mol. The zero-order chi connectivity index (χ0) is 21.7. The smallest absolute Gasteiger partial charge is 0.389 e. The number of halogens is 2. The molecule has 0 N–H and O–H groups in total. The fourth-order valence-corrected chi connectivity index (χ4v) is 5.26. The zero-order valence-electron chi connectivity index (χ0n) is 17.7. The summed E-state index contributed by atoms with van der Waals surface area (Å²) in [6, 6.07) is 5.25. The number of rotatable bonds is 6. The summed E-state index contributed by atoms with van der Waals surface area (Å²) in [6.45, 7) is 5.46. The van der Waals surface area contributed by atoms with Crippen LogP contribution in [0.1, 0.15) is 5.56 Å². The van der Waals surface area contributed by atoms with E-state index < -0.39 is 11.9 Å². The molecule has 2 aromatic rings. The van der Waals surface area contributed by atoms with E-state index in [4.69, 9.17) is 16.3 Å². The van der Waals surface area contributed by atoms with Gasteiger partial charge in [0.1, 0.15) is 5.82 Å². The molecule has 1 aliphatic carbocycles. The van der Waals surface area contributed by atoms with E-state index in [0.717, 1.165) is 31.7 Å². The number of hydrogen-bond acceptors (Lipinski definition) is 5. The number of hydrogen-bond donors (Lipinski definition) is 0. The fraction of sp³-hybridized carbons (Fsp3) is 0.545. The number of carbonyl (C=O) groups is 1. The van der Waals surface area contributed by atoms with Gasteiger partial charge in [-0.3, -0.25) is 4.90 Å². The summed E-state index contributed by atoms with van der Waals surface area (Å²) in [4.78, 5) is 23.7. The van der Waals surface area contributed by atoms with Crippen LogP contribution in [-0.2, 0) is 13.6 Å². The lowest BCUT2D eigenvalue weighted by Gasteiger charge is -2.43. The second-order valence-corrected chi connectivity index (χ2v) is 9.60. The number of likely N-dealkylation sites (tertiary alicyclic amines) is 2. The third-order valence-electron chi connectivity index (χ3n) is 6.88. The van der Waals surface area contributed by atoms with E-state index in [1.807, 2.05) is 7.05 Å². The molecule has 3 heterocycles. The van der Waals surface area contributed by atoms with Crippen molar-refractivity contribution < 1.29 is 13.9 Å². The molecule has 2 aliphatic heterocycles. The molecule has 31 heavy (non-hydrogen) atoms. The van der Waals surface area contributed by atoms with Crippen molar-refractivity contribution >= 4 is 17.7 Å². The highest BCUT2D eigenvalue weighted by Gasteiger charge is 2.57. The van der Waals surface area contributed by atoms with Gasteiger partial charge in [0.05, 0.1) is 17.5 Å². The highest BCUT2D eigenvalue weighted by atomic mass is 35.5. The summed E-state index contributed by atoms with van der Waals surface area (Å²) in [5, 5.41) is 0.0555. The number of benzene rings is 1. The van der Waals surface area contributed by atoms with Gasteiger partial charge in [-0.05, 0) is 42.5 Å². The largest absolute Gasteiger partial charge is 0.416 e. The third kappa shape index (κ3) is 4.29. The Hall–Kier alpha value is -2.16. The Labute approximate surface area is 186 Å². The summed E-state index contributed by atoms with van der Waals surface area (Å²) in [5.41, 5.74) is 0.773. The number of likely N-dealkylation sites (N-methyl/N-ethyl adjacent to an activating group) is 1. The molecule has 1 aromatic heterocycles. The summed E-state index contributed by atoms with van der Waals surface area (Å²) in [6.07, 6.45) is 2.80. The lowest BCUT2D eigenvalue weighted by atomic mass is 10.1. The van der Waals surface area contributed by atoms with Gasteiger partial charge in [-0.2, -0.15) is 0 Å². The maximum atomic E-state index is 13.6. The Kier molecular flexibility index (Phi) is 5.40. The van der Waals surface area contributed by atoms with Crippen LogP contribution in [0.5, 0.6) is 5.88 Å². The summed E-state index contributed by atoms with van der Waals surface area (Å²) in [5.74, 6) is 1.54. The van der Waals surface area contributed by atoms with Crippen molar-refractivity contribution in [3.8, 4) is 5.88 Å². The van der Waals surface area contributed by atoms with Crippen LogP contribution < -0.4 is 4.74 Å². The number of piperidine rings is 1. The number of carbonyl (C=O) groups excluding carboxylic acids is 1. The van der Waals surface area contributed by atoms with E-state index in [2.05, 4.69) is 21.8 Å². The Morgan fingerprint density at radius 1 is 1.26 bits per heavy atom. The van der Waals surface area contributed by atoms with E-state index >= 15 is 0 Å². The normalized spacial score (nSPS) is 25.9. The molecule has 2 atom stereocenters. The van der Waals surface area contributed by atoms with Crippen LogP contribution in [0.2, 0.25) is 5.02 Å². The number of amides is 1. The molecule has 7 nitrogen and oxygen atoms in total. The van der Waals surface area contributed by atoms with Crippen LogP contribution in [0.25, 0.3) is 0 Å². The zero-order valence-corrected chi connectivity index (χ0v) is 18.5. The Bertz CT molecular complexity index is 967. The van der Waals surface area contributed by atoms with Crippen LogP contribution in [-0.4, -0.2) is 76.2 Å². The maximum absolute atomic E-state index is 13.6. The van der Waals surface area contributed by atoms with Gasteiger partial charge >= 0.3 is 6.09 Å². The van der Waals surface area contributed by atoms with Crippen LogP contribution in [0.15, 0.2) is 30.7 Å². The molecule has 3 aliphatic rings. The maximum Gasteiger partial charge on any atom is 0.416 e. The third-order valence-corrected chi connectivity index (χ3v) is 7.17. The summed E-state index contributed by atoms with van der Waals surface area (Å²) in [7, 11) is 3.97. The molecule has 1 amide bonds. The van der Waals surface area contributed by atoms with Crippen molar-refractivity contribution in [2.75, 3.05) is 39.8 Å². The second-order valence-electron chi connectivity index (χ2n) is 9.19. The molecule has 166 valence electrons. The molecule has 5 rings (SSSR count). The van der Waals surface area contributed by atoms with Crippen molar-refractivity contribution in [1.82, 2.24) is 24.3 Å². The van der Waals surface area contributed by atoms with Gasteiger partial charge in [0, 0.05) is 52.4 Å². The van der Waals surface area contributed by atoms with Gasteiger partial charge in [0.2, 0.25) is 5.88 Å². The van der Waals surface area contributed by atoms with Gasteiger partial charge in [-0.1, -0.05) is 17.7 Å². The summed E-state index contributed by atoms with van der Waals surface area (Å²) < 4.78 is 20.8. The van der Waals surface area contributed by atoms with Gasteiger partial charge in [0.15, 0.2) is 0 Å². The molecule has 3 fully saturated rings. The molecule has 9 heteroatoms. The minimum atomic E-state index is -0.466. The number of aryl methyl sites for hydroxylation is 1. The van der Waals surface area contributed by atoms with Gasteiger partial charge in [0.25, 0.3) is 0 Å². The van der Waals surface area contributed by atoms with Gasteiger partial charge in [-0.15, -0.1) is 0 Å². The van der Waals surface area contributed by atoms with Crippen molar-refractivity contribution in [2.24, 2.45) is 24.8 Å². The summed E-state index contributed by atoms with van der Waals surface area (Å²) >= 11 is 5.95. The predicted molar refractivity (Wildman–Crippen MR) is 114 cm³/mol. The van der Waals surface area contributed by atoms with Crippen LogP contribution in [0.4, 0.5) is 9.18 Å². The van der Waals surface area contributed by atoms with Crippen molar-refractivity contribution in [2.45, 2.75) is 12.6 Å². The topological polar surface area (TPSA) is 53.8 Å². The molecule has 1 saturated carbocycles. The second kappa shape index (κ2) is 8.07. The molecule has 1 aromatic carbocycles. The number of imidazole rings is 1. The Morgan fingerprint density at radius 2 is 2.00 bits per heavy atom. The van der Waals surface area contributed by atoms with Crippen LogP contribution >= 0.6 is 11.6 Å². The minimum Gasteiger partial charge on any atom is -0.389 e. The van der Waals surface area contributed by atoms with E-state index in [1.165, 1.54) is 6.07 Å². The number of fused-ring (bicyclic) bond motifs is 1. The van der Waals surface area contributed by atoms with Crippen molar-refractivity contribution in [3.05, 3.63) is 47.1 Å². The first-order valence-electron chi connectivity index (χ1n) is 10.7. The molecule has 2 unspecified atom stereocenters. The minimum absolute atomic E-state index is 0.0555. The molecule has 0 bridgehead atoms. The first-order chi connectivity index (χ1) is 14.9. The van der Waals surface area contributed by atoms with E-state index in [9.17, 15) is 9.18 Å². The quantitative estimate of drug-likeness (QED) is 0.681. The number of aromatic nitrogens is 2. The Morgan fingerprint density at radius 3 is 2.61 bits per heavy atom. The highest BCUT2D eigenvalue weighted by molar-refractivity contribution is 6.30. The number of nitrogens with zero attached hydrogens (tertiary/aromatic N) is 5. The van der Waals surface area contributed by atoms with Crippen molar-refractivity contribution in [3.63, 3.8) is 0 Å². The fourth-order valence-electron chi connectivity index (χ4n) is 5.06. The highest BCUT2D eigenvalue weighted by Crippen LogP contribution is 2.53. The first-order valence-corrected chi connectivity index (χ1v) is 11.1. The Balaban J connectivity index is 1.24. The number of ether oxygens (including phenoxy) is 1. The van der Waals surface area contributed by atoms with Gasteiger partial charge in [-0.25, -0.2) is 14.2 Å². The lowest BCUT2D eigenvalue weighted by molar-refractivity contribution is 0.0560. The predicted octanol–water partition coefficient (Wildman–Crippen LogP) is 2.71. The van der Waals surface area contributed by atoms with E-state index in [1.54, 1.807) is 34.1 Å². The lowest BCUT2D eigenvalue weighted by Crippen LogP contribution is -2.57. The average Bonchev–Trinajstić information content (AvgIpc) is 3.04. The van der Waals surface area contributed by atoms with Crippen LogP contribution in [0, 0.1) is 23.6 Å². The van der Waals surface area contributed by atoms with Gasteiger partial charge < -0.3 is 19.1 Å². The molecule has 0 spiro atoms. The monoisotopic (exact) mass is 447 g/mol. The molecular formula is C22H27ClFN5O2. The van der Waals surface area contributed by atoms with E-state index in [-0.39, 0.29) is 10.9 Å². The molecule has 0 radical (unpaired) electrons. The van der Waals surface area contributed by atoms with E-state index in [0.29, 0.717) is 36.9 Å². The SMILES string of the molecule is CN1CC(N2CC3C(CN(Cc4ccc(F)c(Cl)c4)C(=O)Oc4cn(C)cn4)C3C2)C1. The van der Waals surface area contributed by atoms with Crippen molar-refractivity contribution in [1.29, 1.82) is 0 Å². The molecular weight excluding hydrogens is 421 g/mol. The van der Waals surface area contributed by atoms with Crippen LogP contribution in [0.3, 0.4) is 0 Å².